The van der Waals surface area contributed by atoms with Gasteiger partial charge in [0.1, 0.15) is 5.75 Å². The van der Waals surface area contributed by atoms with Crippen LogP contribution in [0.5, 0.6) is 5.75 Å². The first-order valence-corrected chi connectivity index (χ1v) is 9.97. The molecule has 24 heavy (non-hydrogen) atoms. The normalized spacial score (nSPS) is 18.2. The van der Waals surface area contributed by atoms with Crippen LogP contribution in [0.1, 0.15) is 36.9 Å². The summed E-state index contributed by atoms with van der Waals surface area (Å²) in [6.07, 6.45) is 2.31. The Bertz CT molecular complexity index is 695. The molecule has 0 radical (unpaired) electrons. The number of nitrogens with zero attached hydrogens (tertiary/aromatic N) is 1. The van der Waals surface area contributed by atoms with Gasteiger partial charge >= 0.3 is 0 Å². The van der Waals surface area contributed by atoms with Crippen LogP contribution in [0.25, 0.3) is 0 Å². The van der Waals surface area contributed by atoms with Crippen molar-refractivity contribution in [2.75, 3.05) is 26.5 Å². The van der Waals surface area contributed by atoms with Crippen molar-refractivity contribution in [1.29, 1.82) is 0 Å². The summed E-state index contributed by atoms with van der Waals surface area (Å²) >= 11 is 0. The smallest absolute Gasteiger partial charge is 0.223 e. The second-order valence-corrected chi connectivity index (χ2v) is 8.39. The number of hydrogen-bond acceptors (Lipinski definition) is 4. The van der Waals surface area contributed by atoms with Crippen LogP contribution >= 0.6 is 0 Å². The molecule has 1 aromatic carbocycles. The molecule has 6 nitrogen and oxygen atoms in total. The van der Waals surface area contributed by atoms with E-state index < -0.39 is 10.0 Å². The minimum atomic E-state index is -3.17. The van der Waals surface area contributed by atoms with Crippen molar-refractivity contribution in [3.8, 4) is 5.75 Å². The summed E-state index contributed by atoms with van der Waals surface area (Å²) in [6, 6.07) is 5.71. The predicted molar refractivity (Wildman–Crippen MR) is 93.4 cm³/mol. The second kappa shape index (κ2) is 7.53. The number of aryl methyl sites for hydroxylation is 1. The lowest BCUT2D eigenvalue weighted by Crippen LogP contribution is -2.43. The number of hydrogen-bond donors (Lipinski definition) is 1. The Morgan fingerprint density at radius 2 is 1.96 bits per heavy atom. The highest BCUT2D eigenvalue weighted by Gasteiger charge is 2.29. The van der Waals surface area contributed by atoms with Gasteiger partial charge in [0.25, 0.3) is 0 Å². The van der Waals surface area contributed by atoms with Crippen molar-refractivity contribution in [3.63, 3.8) is 0 Å². The molecule has 0 bridgehead atoms. The van der Waals surface area contributed by atoms with E-state index in [1.54, 1.807) is 7.11 Å². The Labute approximate surface area is 144 Å². The van der Waals surface area contributed by atoms with Crippen LogP contribution in [0, 0.1) is 12.8 Å². The Kier molecular flexibility index (Phi) is 5.87. The highest BCUT2D eigenvalue weighted by molar-refractivity contribution is 7.88. The fourth-order valence-electron chi connectivity index (χ4n) is 3.05. The van der Waals surface area contributed by atoms with Gasteiger partial charge in [0.05, 0.1) is 19.4 Å². The molecule has 7 heteroatoms. The van der Waals surface area contributed by atoms with Gasteiger partial charge in [-0.3, -0.25) is 4.79 Å². The number of benzene rings is 1. The third-order valence-corrected chi connectivity index (χ3v) is 5.81. The Morgan fingerprint density at radius 3 is 2.50 bits per heavy atom. The molecule has 0 aromatic heterocycles. The molecule has 2 rings (SSSR count). The number of methoxy groups -OCH3 is 1. The average molecular weight is 354 g/mol. The number of carbonyl (C=O) groups is 1. The Balaban J connectivity index is 1.99. The molecule has 1 N–H and O–H groups in total. The molecule has 1 unspecified atom stereocenters. The lowest BCUT2D eigenvalue weighted by molar-refractivity contribution is -0.126. The van der Waals surface area contributed by atoms with Gasteiger partial charge in [-0.15, -0.1) is 0 Å². The number of rotatable bonds is 5. The summed E-state index contributed by atoms with van der Waals surface area (Å²) in [5.41, 5.74) is 2.05. The highest BCUT2D eigenvalue weighted by Crippen LogP contribution is 2.27. The summed E-state index contributed by atoms with van der Waals surface area (Å²) < 4.78 is 29.9. The van der Waals surface area contributed by atoms with Crippen LogP contribution in [0.2, 0.25) is 0 Å². The Hall–Kier alpha value is -1.60. The maximum absolute atomic E-state index is 12.5. The fraction of sp³-hybridized carbons (Fsp3) is 0.588. The molecule has 1 atom stereocenters. The molecule has 0 aliphatic carbocycles. The van der Waals surface area contributed by atoms with E-state index in [1.165, 1.54) is 10.6 Å². The molecule has 1 fully saturated rings. The van der Waals surface area contributed by atoms with E-state index in [0.29, 0.717) is 25.9 Å². The molecule has 1 saturated heterocycles. The first-order chi connectivity index (χ1) is 11.2. The van der Waals surface area contributed by atoms with Crippen LogP contribution in [0.4, 0.5) is 0 Å². The molecule has 134 valence electrons. The quantitative estimate of drug-likeness (QED) is 0.876. The van der Waals surface area contributed by atoms with E-state index in [1.807, 2.05) is 32.0 Å². The van der Waals surface area contributed by atoms with Gasteiger partial charge in [-0.05, 0) is 32.8 Å². The summed E-state index contributed by atoms with van der Waals surface area (Å²) in [5.74, 6) is 0.570. The monoisotopic (exact) mass is 354 g/mol. The molecule has 1 amide bonds. The third kappa shape index (κ3) is 4.48. The van der Waals surface area contributed by atoms with Crippen molar-refractivity contribution < 1.29 is 17.9 Å². The van der Waals surface area contributed by atoms with Crippen molar-refractivity contribution >= 4 is 15.9 Å². The number of amides is 1. The standard InChI is InChI=1S/C17H26N2O4S/c1-12-5-6-16(23-3)15(11-12)13(2)18-17(20)14-7-9-19(10-8-14)24(4,21)22/h5-6,11,13-14H,7-10H2,1-4H3,(H,18,20). The van der Waals surface area contributed by atoms with Gasteiger partial charge in [0, 0.05) is 24.6 Å². The van der Waals surface area contributed by atoms with Crippen molar-refractivity contribution in [3.05, 3.63) is 29.3 Å². The fourth-order valence-corrected chi connectivity index (χ4v) is 3.92. The van der Waals surface area contributed by atoms with E-state index in [9.17, 15) is 13.2 Å². The first kappa shape index (κ1) is 18.7. The zero-order valence-electron chi connectivity index (χ0n) is 14.7. The van der Waals surface area contributed by atoms with Crippen molar-refractivity contribution in [2.45, 2.75) is 32.7 Å². The number of ether oxygens (including phenoxy) is 1. The summed E-state index contributed by atoms with van der Waals surface area (Å²) in [4.78, 5) is 12.5. The number of nitrogens with one attached hydrogen (secondary N) is 1. The molecule has 1 heterocycles. The zero-order chi connectivity index (χ0) is 17.9. The van der Waals surface area contributed by atoms with E-state index in [-0.39, 0.29) is 17.9 Å². The second-order valence-electron chi connectivity index (χ2n) is 6.41. The summed E-state index contributed by atoms with van der Waals surface area (Å²) in [6.45, 7) is 4.73. The van der Waals surface area contributed by atoms with Crippen LogP contribution in [-0.4, -0.2) is 45.1 Å². The highest BCUT2D eigenvalue weighted by atomic mass is 32.2. The van der Waals surface area contributed by atoms with Crippen LogP contribution in [0.15, 0.2) is 18.2 Å². The summed E-state index contributed by atoms with van der Waals surface area (Å²) in [5, 5.41) is 3.03. The molecule has 1 aliphatic heterocycles. The minimum Gasteiger partial charge on any atom is -0.496 e. The molecular weight excluding hydrogens is 328 g/mol. The van der Waals surface area contributed by atoms with E-state index in [0.717, 1.165) is 16.9 Å². The van der Waals surface area contributed by atoms with Crippen LogP contribution < -0.4 is 10.1 Å². The maximum Gasteiger partial charge on any atom is 0.223 e. The van der Waals surface area contributed by atoms with Gasteiger partial charge in [0.2, 0.25) is 15.9 Å². The van der Waals surface area contributed by atoms with Crippen LogP contribution in [0.3, 0.4) is 0 Å². The van der Waals surface area contributed by atoms with Crippen molar-refractivity contribution in [2.24, 2.45) is 5.92 Å². The van der Waals surface area contributed by atoms with Gasteiger partial charge in [0.15, 0.2) is 0 Å². The number of sulfonamides is 1. The molecule has 0 spiro atoms. The lowest BCUT2D eigenvalue weighted by atomic mass is 9.96. The predicted octanol–water partition coefficient (Wildman–Crippen LogP) is 1.85. The van der Waals surface area contributed by atoms with Crippen molar-refractivity contribution in [1.82, 2.24) is 9.62 Å². The van der Waals surface area contributed by atoms with E-state index >= 15 is 0 Å². The van der Waals surface area contributed by atoms with Gasteiger partial charge in [-0.25, -0.2) is 12.7 Å². The van der Waals surface area contributed by atoms with E-state index in [4.69, 9.17) is 4.74 Å². The molecule has 0 saturated carbocycles. The van der Waals surface area contributed by atoms with Gasteiger partial charge in [-0.1, -0.05) is 17.7 Å². The minimum absolute atomic E-state index is 0.0285. The number of piperidine rings is 1. The zero-order valence-corrected chi connectivity index (χ0v) is 15.5. The maximum atomic E-state index is 12.5. The Morgan fingerprint density at radius 1 is 1.33 bits per heavy atom. The van der Waals surface area contributed by atoms with Gasteiger partial charge < -0.3 is 10.1 Å². The SMILES string of the molecule is COc1ccc(C)cc1C(C)NC(=O)C1CCN(S(C)(=O)=O)CC1. The molecule has 1 aromatic rings. The van der Waals surface area contributed by atoms with E-state index in [2.05, 4.69) is 5.32 Å². The molecular formula is C17H26N2O4S. The largest absolute Gasteiger partial charge is 0.496 e. The first-order valence-electron chi connectivity index (χ1n) is 8.12. The lowest BCUT2D eigenvalue weighted by Gasteiger charge is -2.30. The average Bonchev–Trinajstić information content (AvgIpc) is 2.54. The summed E-state index contributed by atoms with van der Waals surface area (Å²) in [7, 11) is -1.56. The van der Waals surface area contributed by atoms with Gasteiger partial charge in [-0.2, -0.15) is 0 Å². The van der Waals surface area contributed by atoms with Crippen LogP contribution in [-0.2, 0) is 14.8 Å². The topological polar surface area (TPSA) is 75.7 Å². The third-order valence-electron chi connectivity index (χ3n) is 4.50. The number of carbonyl (C=O) groups excluding carboxylic acids is 1. The molecule has 1 aliphatic rings.